The number of anilines is 4. The number of benzene rings is 1. The van der Waals surface area contributed by atoms with Gasteiger partial charge in [-0.2, -0.15) is 4.98 Å². The molecule has 1 saturated carbocycles. The third-order valence-corrected chi connectivity index (χ3v) is 13.2. The van der Waals surface area contributed by atoms with Crippen molar-refractivity contribution in [3.8, 4) is 0 Å². The van der Waals surface area contributed by atoms with E-state index in [4.69, 9.17) is 4.98 Å². The number of piperidine rings is 2. The molecule has 5 aliphatic rings. The van der Waals surface area contributed by atoms with Gasteiger partial charge in [0.1, 0.15) is 17.5 Å². The number of hydrogen-bond acceptors (Lipinski definition) is 13. The molecule has 0 radical (unpaired) electrons. The van der Waals surface area contributed by atoms with E-state index in [0.29, 0.717) is 45.4 Å². The van der Waals surface area contributed by atoms with Crippen LogP contribution in [0.1, 0.15) is 107 Å². The standard InChI is InChI=1S/C44H50N10O6/c1-26-34-25-46-44(49-39(34)53(29-5-3-4-6-29)43(60)38(26)27(2)55)47-36-11-8-31(24-45-36)52-21-19-50(20-22-52)16-13-28-14-17-51(18-15-28)30-7-9-32-33(23-30)42(59)54(41(32)58)35-10-12-37(56)48-40(35)57/h7-9,11,23-25,28-29,35H,3-6,10,12-22H2,1-2H3,(H,48,56,57)(H,45,46,47,49). The van der Waals surface area contributed by atoms with Gasteiger partial charge in [0.2, 0.25) is 17.8 Å². The van der Waals surface area contributed by atoms with Crippen LogP contribution >= 0.6 is 0 Å². The number of imide groups is 2. The van der Waals surface area contributed by atoms with Gasteiger partial charge in [-0.1, -0.05) is 12.8 Å². The van der Waals surface area contributed by atoms with E-state index in [0.717, 1.165) is 107 Å². The lowest BCUT2D eigenvalue weighted by molar-refractivity contribution is -0.136. The molecule has 16 heteroatoms. The second-order valence-electron chi connectivity index (χ2n) is 16.9. The van der Waals surface area contributed by atoms with Crippen LogP contribution in [0.25, 0.3) is 11.0 Å². The molecular weight excluding hydrogens is 765 g/mol. The highest BCUT2D eigenvalue weighted by atomic mass is 16.2. The van der Waals surface area contributed by atoms with Crippen molar-refractivity contribution in [3.63, 3.8) is 0 Å². The first kappa shape index (κ1) is 39.4. The van der Waals surface area contributed by atoms with E-state index >= 15 is 0 Å². The summed E-state index contributed by atoms with van der Waals surface area (Å²) >= 11 is 0. The first-order valence-corrected chi connectivity index (χ1v) is 21.3. The maximum absolute atomic E-state index is 13.6. The van der Waals surface area contributed by atoms with Crippen molar-refractivity contribution in [1.29, 1.82) is 0 Å². The number of ketones is 1. The van der Waals surface area contributed by atoms with Crippen LogP contribution in [-0.2, 0) is 9.59 Å². The third-order valence-electron chi connectivity index (χ3n) is 13.2. The highest BCUT2D eigenvalue weighted by Crippen LogP contribution is 2.34. The molecule has 16 nitrogen and oxygen atoms in total. The Kier molecular flexibility index (Phi) is 10.6. The molecule has 4 aromatic rings. The number of fused-ring (bicyclic) bond motifs is 2. The molecule has 312 valence electrons. The number of carbonyl (C=O) groups excluding carboxylic acids is 5. The topological polar surface area (TPSA) is 183 Å². The molecular formula is C44H50N10O6. The lowest BCUT2D eigenvalue weighted by atomic mass is 9.92. The molecule has 1 aliphatic carbocycles. The zero-order valence-electron chi connectivity index (χ0n) is 34.1. The minimum atomic E-state index is -0.968. The largest absolute Gasteiger partial charge is 0.371 e. The van der Waals surface area contributed by atoms with E-state index in [1.54, 1.807) is 29.8 Å². The smallest absolute Gasteiger partial charge is 0.263 e. The normalized spacial score (nSPS) is 20.6. The molecule has 4 amide bonds. The number of rotatable bonds is 10. The minimum absolute atomic E-state index is 0.00923. The molecule has 4 fully saturated rings. The number of carbonyl (C=O) groups is 5. The fraction of sp³-hybridized carbons (Fsp3) is 0.477. The van der Waals surface area contributed by atoms with Gasteiger partial charge >= 0.3 is 0 Å². The SMILES string of the molecule is CC(=O)c1c(C)c2cnc(Nc3ccc(N4CCN(CCC5CCN(c6ccc7c(c6)C(=O)N(C6CCC(=O)NC6=O)C7=O)CC5)CC4)cn3)nc2n(C2CCCC2)c1=O. The molecule has 2 N–H and O–H groups in total. The first-order chi connectivity index (χ1) is 29.0. The summed E-state index contributed by atoms with van der Waals surface area (Å²) in [5, 5.41) is 6.18. The van der Waals surface area contributed by atoms with Crippen LogP contribution in [0.15, 0.2) is 47.5 Å². The summed E-state index contributed by atoms with van der Waals surface area (Å²) in [4.78, 5) is 98.8. The van der Waals surface area contributed by atoms with Crippen molar-refractivity contribution in [3.05, 3.63) is 75.3 Å². The van der Waals surface area contributed by atoms with Crippen molar-refractivity contribution in [2.75, 3.05) is 60.9 Å². The minimum Gasteiger partial charge on any atom is -0.371 e. The van der Waals surface area contributed by atoms with Crippen molar-refractivity contribution >= 4 is 63.6 Å². The van der Waals surface area contributed by atoms with Crippen LogP contribution < -0.4 is 26.0 Å². The van der Waals surface area contributed by atoms with Crippen LogP contribution in [0.5, 0.6) is 0 Å². The van der Waals surface area contributed by atoms with Crippen LogP contribution in [0, 0.1) is 12.8 Å². The number of piperazine rings is 1. The summed E-state index contributed by atoms with van der Waals surface area (Å²) in [7, 11) is 0. The Morgan fingerprint density at radius 2 is 1.53 bits per heavy atom. The summed E-state index contributed by atoms with van der Waals surface area (Å²) in [6.45, 7) is 9.75. The number of nitrogens with zero attached hydrogens (tertiary/aromatic N) is 8. The Morgan fingerprint density at radius 3 is 2.23 bits per heavy atom. The van der Waals surface area contributed by atoms with E-state index in [2.05, 4.69) is 41.4 Å². The third kappa shape index (κ3) is 7.41. The predicted octanol–water partition coefficient (Wildman–Crippen LogP) is 4.39. The van der Waals surface area contributed by atoms with Crippen molar-refractivity contribution in [2.24, 2.45) is 5.92 Å². The molecule has 7 heterocycles. The summed E-state index contributed by atoms with van der Waals surface area (Å²) in [6.07, 6.45) is 10.9. The van der Waals surface area contributed by atoms with E-state index in [-0.39, 0.29) is 41.7 Å². The highest BCUT2D eigenvalue weighted by molar-refractivity contribution is 6.23. The van der Waals surface area contributed by atoms with Gasteiger partial charge in [0, 0.05) is 69.0 Å². The summed E-state index contributed by atoms with van der Waals surface area (Å²) in [6, 6.07) is 8.38. The molecule has 3 saturated heterocycles. The van der Waals surface area contributed by atoms with Gasteiger partial charge < -0.3 is 15.1 Å². The van der Waals surface area contributed by atoms with Gasteiger partial charge in [-0.05, 0) is 101 Å². The van der Waals surface area contributed by atoms with E-state index < -0.39 is 23.8 Å². The Hall–Kier alpha value is -6.03. The molecule has 60 heavy (non-hydrogen) atoms. The number of Topliss-reactive ketones (excluding diaryl/α,β-unsaturated/α-hetero) is 1. The molecule has 0 bridgehead atoms. The van der Waals surface area contributed by atoms with Crippen LogP contribution in [0.3, 0.4) is 0 Å². The zero-order chi connectivity index (χ0) is 41.7. The van der Waals surface area contributed by atoms with Gasteiger partial charge in [0.25, 0.3) is 17.4 Å². The fourth-order valence-corrected chi connectivity index (χ4v) is 9.80. The molecule has 1 atom stereocenters. The van der Waals surface area contributed by atoms with E-state index in [1.165, 1.54) is 6.92 Å². The predicted molar refractivity (Wildman–Crippen MR) is 225 cm³/mol. The molecule has 1 aromatic carbocycles. The van der Waals surface area contributed by atoms with Gasteiger partial charge in [-0.3, -0.25) is 48.5 Å². The Morgan fingerprint density at radius 1 is 0.817 bits per heavy atom. The number of aryl methyl sites for hydroxylation is 1. The van der Waals surface area contributed by atoms with Crippen LogP contribution in [-0.4, -0.2) is 111 Å². The zero-order valence-corrected chi connectivity index (χ0v) is 34.1. The summed E-state index contributed by atoms with van der Waals surface area (Å²) in [5.74, 6) is -0.643. The number of aromatic nitrogens is 4. The molecule has 1 unspecified atom stereocenters. The monoisotopic (exact) mass is 814 g/mol. The summed E-state index contributed by atoms with van der Waals surface area (Å²) in [5.41, 5.74) is 3.68. The number of nitrogens with one attached hydrogen (secondary N) is 2. The van der Waals surface area contributed by atoms with Crippen molar-refractivity contribution in [1.82, 2.24) is 34.6 Å². The lowest BCUT2D eigenvalue weighted by Gasteiger charge is -2.38. The average Bonchev–Trinajstić information content (AvgIpc) is 3.86. The second-order valence-corrected chi connectivity index (χ2v) is 16.9. The maximum Gasteiger partial charge on any atom is 0.263 e. The second kappa shape index (κ2) is 16.2. The van der Waals surface area contributed by atoms with E-state index in [1.807, 2.05) is 18.3 Å². The Balaban J connectivity index is 0.752. The van der Waals surface area contributed by atoms with Gasteiger partial charge in [-0.15, -0.1) is 0 Å². The van der Waals surface area contributed by atoms with Crippen molar-refractivity contribution in [2.45, 2.75) is 83.7 Å². The van der Waals surface area contributed by atoms with Crippen LogP contribution in [0.2, 0.25) is 0 Å². The average molecular weight is 815 g/mol. The molecule has 9 rings (SSSR count). The van der Waals surface area contributed by atoms with Gasteiger partial charge in [0.15, 0.2) is 5.78 Å². The Bertz CT molecular complexity index is 2450. The Labute approximate surface area is 347 Å². The quantitative estimate of drug-likeness (QED) is 0.170. The maximum atomic E-state index is 13.6. The molecule has 4 aliphatic heterocycles. The number of pyridine rings is 2. The van der Waals surface area contributed by atoms with Crippen LogP contribution in [0.4, 0.5) is 23.1 Å². The summed E-state index contributed by atoms with van der Waals surface area (Å²) < 4.78 is 1.72. The van der Waals surface area contributed by atoms with Gasteiger partial charge in [0.05, 0.1) is 28.6 Å². The van der Waals surface area contributed by atoms with E-state index in [9.17, 15) is 28.8 Å². The first-order valence-electron chi connectivity index (χ1n) is 21.3. The number of hydrogen-bond donors (Lipinski definition) is 2. The number of amides is 4. The lowest BCUT2D eigenvalue weighted by Crippen LogP contribution is -2.54. The highest BCUT2D eigenvalue weighted by Gasteiger charge is 2.45. The van der Waals surface area contributed by atoms with Gasteiger partial charge in [-0.25, -0.2) is 9.97 Å². The molecule has 3 aromatic heterocycles. The fourth-order valence-electron chi connectivity index (χ4n) is 9.80. The van der Waals surface area contributed by atoms with Crippen molar-refractivity contribution < 1.29 is 24.0 Å². The molecule has 0 spiro atoms.